The molecular formula is C14H20O2S2. The minimum atomic E-state index is -0.444. The van der Waals surface area contributed by atoms with Crippen LogP contribution in [0.1, 0.15) is 25.5 Å². The van der Waals surface area contributed by atoms with Gasteiger partial charge in [-0.25, -0.2) is 0 Å². The molecule has 1 fully saturated rings. The van der Waals surface area contributed by atoms with Gasteiger partial charge in [0, 0.05) is 27.6 Å². The van der Waals surface area contributed by atoms with Crippen LogP contribution in [0, 0.1) is 0 Å². The molecule has 2 nitrogen and oxygen atoms in total. The Kier molecular flexibility index (Phi) is 5.27. The lowest BCUT2D eigenvalue weighted by molar-refractivity contribution is 0.168. The van der Waals surface area contributed by atoms with E-state index in [1.54, 1.807) is 0 Å². The van der Waals surface area contributed by atoms with Crippen LogP contribution < -0.4 is 4.74 Å². The number of para-hydroxylation sites is 1. The molecule has 0 aliphatic carbocycles. The van der Waals surface area contributed by atoms with E-state index < -0.39 is 6.10 Å². The molecule has 3 atom stereocenters. The van der Waals surface area contributed by atoms with Gasteiger partial charge in [-0.1, -0.05) is 25.1 Å². The highest BCUT2D eigenvalue weighted by Gasteiger charge is 2.31. The molecule has 1 saturated heterocycles. The lowest BCUT2D eigenvalue weighted by Crippen LogP contribution is -2.29. The van der Waals surface area contributed by atoms with E-state index in [1.165, 1.54) is 5.75 Å². The molecule has 0 aromatic heterocycles. The van der Waals surface area contributed by atoms with Crippen molar-refractivity contribution in [1.29, 1.82) is 0 Å². The summed E-state index contributed by atoms with van der Waals surface area (Å²) in [7, 11) is 0. The highest BCUT2D eigenvalue weighted by molar-refractivity contribution is 8.07. The van der Waals surface area contributed by atoms with Crippen molar-refractivity contribution in [2.45, 2.75) is 30.5 Å². The number of hydrogen-bond acceptors (Lipinski definition) is 4. The van der Waals surface area contributed by atoms with Gasteiger partial charge in [0.25, 0.3) is 0 Å². The van der Waals surface area contributed by atoms with Crippen molar-refractivity contribution < 1.29 is 9.84 Å². The summed E-state index contributed by atoms with van der Waals surface area (Å²) in [6.07, 6.45) is -0.444. The van der Waals surface area contributed by atoms with Crippen molar-refractivity contribution in [3.05, 3.63) is 29.8 Å². The molecule has 0 amide bonds. The van der Waals surface area contributed by atoms with Crippen molar-refractivity contribution in [2.75, 3.05) is 18.1 Å². The summed E-state index contributed by atoms with van der Waals surface area (Å²) < 4.78 is 5.61. The molecule has 4 heteroatoms. The zero-order valence-corrected chi connectivity index (χ0v) is 12.5. The van der Waals surface area contributed by atoms with Crippen LogP contribution in [0.25, 0.3) is 0 Å². The molecule has 1 aliphatic rings. The van der Waals surface area contributed by atoms with E-state index in [9.17, 15) is 5.11 Å². The summed E-state index contributed by atoms with van der Waals surface area (Å²) >= 11 is 3.82. The monoisotopic (exact) mass is 284 g/mol. The third-order valence-electron chi connectivity index (χ3n) is 3.09. The van der Waals surface area contributed by atoms with Gasteiger partial charge in [-0.05, 0) is 13.0 Å². The van der Waals surface area contributed by atoms with E-state index in [4.69, 9.17) is 4.74 Å². The molecule has 2 rings (SSSR count). The Morgan fingerprint density at radius 1 is 1.33 bits per heavy atom. The summed E-state index contributed by atoms with van der Waals surface area (Å²) in [5, 5.41) is 11.3. The molecule has 18 heavy (non-hydrogen) atoms. The van der Waals surface area contributed by atoms with Crippen LogP contribution in [-0.4, -0.2) is 33.7 Å². The van der Waals surface area contributed by atoms with Crippen LogP contribution in [0.4, 0.5) is 0 Å². The van der Waals surface area contributed by atoms with Crippen LogP contribution in [0.3, 0.4) is 0 Å². The Morgan fingerprint density at radius 3 is 2.78 bits per heavy atom. The first-order valence-electron chi connectivity index (χ1n) is 6.37. The lowest BCUT2D eigenvalue weighted by atomic mass is 10.0. The highest BCUT2D eigenvalue weighted by Crippen LogP contribution is 2.40. The van der Waals surface area contributed by atoms with E-state index in [0.717, 1.165) is 17.1 Å². The maximum Gasteiger partial charge on any atom is 0.125 e. The van der Waals surface area contributed by atoms with E-state index in [1.807, 2.05) is 54.7 Å². The second kappa shape index (κ2) is 6.73. The second-order valence-corrected chi connectivity index (χ2v) is 7.10. The van der Waals surface area contributed by atoms with Crippen molar-refractivity contribution in [3.8, 4) is 5.75 Å². The van der Waals surface area contributed by atoms with Crippen molar-refractivity contribution in [1.82, 2.24) is 0 Å². The van der Waals surface area contributed by atoms with Crippen molar-refractivity contribution in [2.24, 2.45) is 0 Å². The minimum Gasteiger partial charge on any atom is -0.493 e. The summed E-state index contributed by atoms with van der Waals surface area (Å²) in [6.45, 7) is 4.80. The fourth-order valence-corrected chi connectivity index (χ4v) is 5.01. The molecule has 0 radical (unpaired) electrons. The molecule has 1 N–H and O–H groups in total. The van der Waals surface area contributed by atoms with Gasteiger partial charge in [-0.15, -0.1) is 0 Å². The molecule has 100 valence electrons. The zero-order chi connectivity index (χ0) is 13.0. The van der Waals surface area contributed by atoms with E-state index in [-0.39, 0.29) is 5.25 Å². The zero-order valence-electron chi connectivity index (χ0n) is 10.8. The van der Waals surface area contributed by atoms with E-state index in [0.29, 0.717) is 11.9 Å². The first kappa shape index (κ1) is 14.1. The number of aliphatic hydroxyl groups excluding tert-OH is 1. The van der Waals surface area contributed by atoms with Gasteiger partial charge in [0.1, 0.15) is 5.75 Å². The van der Waals surface area contributed by atoms with Gasteiger partial charge in [0.15, 0.2) is 0 Å². The SMILES string of the molecule is CCOc1ccccc1C(O)C1SCCSC1C. The van der Waals surface area contributed by atoms with Crippen LogP contribution in [0.15, 0.2) is 24.3 Å². The maximum absolute atomic E-state index is 10.6. The highest BCUT2D eigenvalue weighted by atomic mass is 32.2. The van der Waals surface area contributed by atoms with Gasteiger partial charge >= 0.3 is 0 Å². The van der Waals surface area contributed by atoms with Gasteiger partial charge in [0.2, 0.25) is 0 Å². The summed E-state index contributed by atoms with van der Waals surface area (Å²) in [5.74, 6) is 3.12. The Morgan fingerprint density at radius 2 is 2.06 bits per heavy atom. The third-order valence-corrected chi connectivity index (χ3v) is 6.27. The average Bonchev–Trinajstić information content (AvgIpc) is 2.40. The third kappa shape index (κ3) is 3.16. The first-order valence-corrected chi connectivity index (χ1v) is 8.46. The molecule has 3 unspecified atom stereocenters. The quantitative estimate of drug-likeness (QED) is 0.918. The Balaban J connectivity index is 2.19. The van der Waals surface area contributed by atoms with Crippen LogP contribution in [-0.2, 0) is 0 Å². The minimum absolute atomic E-state index is 0.255. The summed E-state index contributed by atoms with van der Waals surface area (Å²) in [4.78, 5) is 0. The van der Waals surface area contributed by atoms with Gasteiger partial charge in [-0.2, -0.15) is 23.5 Å². The van der Waals surface area contributed by atoms with Crippen molar-refractivity contribution in [3.63, 3.8) is 0 Å². The predicted octanol–water partition coefficient (Wildman–Crippen LogP) is 3.36. The Bertz CT molecular complexity index is 384. The van der Waals surface area contributed by atoms with Gasteiger partial charge in [-0.3, -0.25) is 0 Å². The Hall–Kier alpha value is -0.320. The first-order chi connectivity index (χ1) is 8.74. The fraction of sp³-hybridized carbons (Fsp3) is 0.571. The number of aliphatic hydroxyl groups is 1. The second-order valence-electron chi connectivity index (χ2n) is 4.33. The normalized spacial score (nSPS) is 25.7. The summed E-state index contributed by atoms with van der Waals surface area (Å²) in [6, 6.07) is 7.83. The molecule has 0 spiro atoms. The van der Waals surface area contributed by atoms with E-state index in [2.05, 4.69) is 6.92 Å². The molecule has 1 heterocycles. The van der Waals surface area contributed by atoms with Gasteiger partial charge in [0.05, 0.1) is 12.7 Å². The molecule has 1 aliphatic heterocycles. The molecular weight excluding hydrogens is 264 g/mol. The molecule has 1 aromatic carbocycles. The average molecular weight is 284 g/mol. The predicted molar refractivity (Wildman–Crippen MR) is 80.7 cm³/mol. The van der Waals surface area contributed by atoms with Crippen molar-refractivity contribution >= 4 is 23.5 Å². The fourth-order valence-electron chi connectivity index (χ4n) is 2.19. The van der Waals surface area contributed by atoms with Crippen LogP contribution in [0.5, 0.6) is 5.75 Å². The largest absolute Gasteiger partial charge is 0.493 e. The van der Waals surface area contributed by atoms with Gasteiger partial charge < -0.3 is 9.84 Å². The lowest BCUT2D eigenvalue weighted by Gasteiger charge is -2.32. The Labute approximate surface area is 117 Å². The van der Waals surface area contributed by atoms with E-state index >= 15 is 0 Å². The smallest absolute Gasteiger partial charge is 0.125 e. The number of benzene rings is 1. The van der Waals surface area contributed by atoms with Crippen LogP contribution >= 0.6 is 23.5 Å². The number of thioether (sulfide) groups is 2. The molecule has 1 aromatic rings. The topological polar surface area (TPSA) is 29.5 Å². The molecule has 0 bridgehead atoms. The standard InChI is InChI=1S/C14H20O2S2/c1-3-16-12-7-5-4-6-11(12)13(15)14-10(2)17-8-9-18-14/h4-7,10,13-15H,3,8-9H2,1-2H3. The summed E-state index contributed by atoms with van der Waals surface area (Å²) in [5.41, 5.74) is 0.922. The number of hydrogen-bond donors (Lipinski definition) is 1. The molecule has 0 saturated carbocycles. The number of ether oxygens (including phenoxy) is 1. The number of rotatable bonds is 4. The van der Waals surface area contributed by atoms with Crippen LogP contribution in [0.2, 0.25) is 0 Å². The maximum atomic E-state index is 10.6.